The predicted molar refractivity (Wildman–Crippen MR) is 282 cm³/mol. The Morgan fingerprint density at radius 2 is 1.11 bits per heavy atom. The summed E-state index contributed by atoms with van der Waals surface area (Å²) in [5.41, 5.74) is 20.7. The Hall–Kier alpha value is -9.11. The van der Waals surface area contributed by atoms with E-state index in [1.165, 1.54) is 20.0 Å². The van der Waals surface area contributed by atoms with Gasteiger partial charge < -0.3 is 55.2 Å². The third-order valence-corrected chi connectivity index (χ3v) is 10.6. The molecule has 0 aromatic carbocycles. The van der Waals surface area contributed by atoms with Crippen molar-refractivity contribution in [3.63, 3.8) is 0 Å². The van der Waals surface area contributed by atoms with E-state index in [1.54, 1.807) is 63.0 Å². The van der Waals surface area contributed by atoms with Crippen molar-refractivity contribution in [2.24, 2.45) is 42.3 Å². The zero-order valence-electron chi connectivity index (χ0n) is 43.2. The molecule has 0 radical (unpaired) electrons. The topological polar surface area (TPSA) is 378 Å². The molecule has 28 nitrogen and oxygen atoms in total. The van der Waals surface area contributed by atoms with Crippen molar-refractivity contribution >= 4 is 62.7 Å². The first-order valence-corrected chi connectivity index (χ1v) is 23.1. The van der Waals surface area contributed by atoms with Gasteiger partial charge in [0.2, 0.25) is 5.95 Å². The van der Waals surface area contributed by atoms with Gasteiger partial charge >= 0.3 is 17.1 Å². The highest BCUT2D eigenvalue weighted by Gasteiger charge is 2.12. The predicted octanol–water partition coefficient (Wildman–Crippen LogP) is 0.877. The van der Waals surface area contributed by atoms with Crippen LogP contribution in [-0.4, -0.2) is 100 Å². The number of imidazole rings is 3. The minimum atomic E-state index is -0.368. The first-order chi connectivity index (χ1) is 34.7. The summed E-state index contributed by atoms with van der Waals surface area (Å²) in [7, 11) is 10.6. The number of rotatable bonds is 8. The van der Waals surface area contributed by atoms with E-state index in [1.807, 2.05) is 71.8 Å². The van der Waals surface area contributed by atoms with Crippen LogP contribution in [0.3, 0.4) is 0 Å². The van der Waals surface area contributed by atoms with E-state index in [0.29, 0.717) is 46.1 Å². The summed E-state index contributed by atoms with van der Waals surface area (Å²) >= 11 is 0. The van der Waals surface area contributed by atoms with Gasteiger partial charge in [0, 0.05) is 97.9 Å². The maximum Gasteiger partial charge on any atom is 0.349 e. The molecule has 0 aliphatic heterocycles. The number of nitrogens with zero attached hydrogens (tertiary/aromatic N) is 16. The number of aromatic nitrogens is 18. The van der Waals surface area contributed by atoms with Crippen LogP contribution < -0.4 is 56.0 Å². The molecule has 0 bridgehead atoms. The van der Waals surface area contributed by atoms with Crippen LogP contribution in [0.4, 0.5) is 29.2 Å². The number of nitrogens with two attached hydrogens (primary N) is 3. The van der Waals surface area contributed by atoms with Crippen molar-refractivity contribution in [1.82, 2.24) is 87.2 Å². The summed E-state index contributed by atoms with van der Waals surface area (Å²) in [6, 6.07) is 1.77. The number of hydrogen-bond donors (Lipinski definition) is 7. The number of nitrogens with one attached hydrogen (secondary N) is 4. The molecule has 73 heavy (non-hydrogen) atoms. The molecule has 0 amide bonds. The Morgan fingerprint density at radius 3 is 1.71 bits per heavy atom. The minimum absolute atomic E-state index is 0.119. The van der Waals surface area contributed by atoms with E-state index in [-0.39, 0.29) is 34.1 Å². The lowest BCUT2D eigenvalue weighted by Crippen LogP contribution is -2.29. The van der Waals surface area contributed by atoms with Crippen LogP contribution >= 0.6 is 0 Å². The minimum Gasteiger partial charge on any atom is -0.383 e. The Labute approximate surface area is 417 Å². The molecule has 0 saturated carbocycles. The average molecular weight is 1010 g/mol. The molecule has 390 valence electrons. The average Bonchev–Trinajstić information content (AvgIpc) is 4.03. The van der Waals surface area contributed by atoms with Crippen LogP contribution in [0, 0.1) is 0 Å². The second-order valence-corrected chi connectivity index (χ2v) is 15.7. The van der Waals surface area contributed by atoms with E-state index < -0.39 is 0 Å². The van der Waals surface area contributed by atoms with Crippen LogP contribution in [0.1, 0.15) is 64.3 Å². The summed E-state index contributed by atoms with van der Waals surface area (Å²) in [6.45, 7) is 13.5. The smallest absolute Gasteiger partial charge is 0.349 e. The Kier molecular flexibility index (Phi) is 20.3. The Balaban J connectivity index is 0.000000190. The molecule has 0 aliphatic carbocycles. The van der Waals surface area contributed by atoms with Gasteiger partial charge in [-0.15, -0.1) is 0 Å². The molecule has 9 aromatic heterocycles. The molecule has 0 unspecified atom stereocenters. The zero-order valence-corrected chi connectivity index (χ0v) is 43.2. The van der Waals surface area contributed by atoms with Crippen LogP contribution in [0.15, 0.2) is 67.6 Å². The van der Waals surface area contributed by atoms with Crippen molar-refractivity contribution in [3.05, 3.63) is 119 Å². The number of aryl methyl sites for hydroxylation is 10. The molecule has 9 heterocycles. The first kappa shape index (κ1) is 56.5. The largest absolute Gasteiger partial charge is 0.383 e. The molecule has 0 atom stereocenters. The molecule has 9 aromatic rings. The number of fused-ring (bicyclic) bond motifs is 3. The fourth-order valence-electron chi connectivity index (χ4n) is 6.56. The van der Waals surface area contributed by atoms with E-state index >= 15 is 0 Å². The summed E-state index contributed by atoms with van der Waals surface area (Å²) in [6.07, 6.45) is 12.8. The molecule has 10 N–H and O–H groups in total. The van der Waals surface area contributed by atoms with Crippen molar-refractivity contribution in [2.75, 3.05) is 40.9 Å². The maximum atomic E-state index is 11.4. The lowest BCUT2D eigenvalue weighted by molar-refractivity contribution is 0.778. The molecular weight excluding hydrogens is 943 g/mol. The summed E-state index contributed by atoms with van der Waals surface area (Å²) in [5, 5.41) is 6.09. The van der Waals surface area contributed by atoms with Gasteiger partial charge in [-0.05, 0) is 32.8 Å². The fraction of sp³-hybridized carbons (Fsp3) is 0.400. The van der Waals surface area contributed by atoms with Crippen molar-refractivity contribution in [1.29, 1.82) is 0 Å². The summed E-state index contributed by atoms with van der Waals surface area (Å²) in [4.78, 5) is 100. The highest BCUT2D eigenvalue weighted by Crippen LogP contribution is 2.17. The van der Waals surface area contributed by atoms with Gasteiger partial charge in [-0.3, -0.25) is 19.6 Å². The van der Waals surface area contributed by atoms with Crippen molar-refractivity contribution < 1.29 is 0 Å². The van der Waals surface area contributed by atoms with Gasteiger partial charge in [0.25, 0.3) is 11.1 Å². The van der Waals surface area contributed by atoms with Gasteiger partial charge in [-0.2, -0.15) is 15.0 Å². The van der Waals surface area contributed by atoms with Gasteiger partial charge in [0.05, 0.1) is 6.33 Å². The van der Waals surface area contributed by atoms with E-state index in [9.17, 15) is 24.0 Å². The van der Waals surface area contributed by atoms with Gasteiger partial charge in [0.15, 0.2) is 39.6 Å². The van der Waals surface area contributed by atoms with Crippen molar-refractivity contribution in [2.45, 2.75) is 67.2 Å². The monoisotopic (exact) mass is 1010 g/mol. The molecule has 9 rings (SSSR count). The second-order valence-electron chi connectivity index (χ2n) is 15.7. The van der Waals surface area contributed by atoms with Crippen LogP contribution in [0.25, 0.3) is 33.5 Å². The lowest BCUT2D eigenvalue weighted by Gasteiger charge is -2.02. The molecule has 0 spiro atoms. The van der Waals surface area contributed by atoms with Gasteiger partial charge in [-0.1, -0.05) is 27.7 Å². The normalized spacial score (nSPS) is 10.4. The van der Waals surface area contributed by atoms with Crippen LogP contribution in [-0.2, 0) is 68.0 Å². The Morgan fingerprint density at radius 1 is 0.521 bits per heavy atom. The quantitative estimate of drug-likeness (QED) is 0.111. The van der Waals surface area contributed by atoms with E-state index in [4.69, 9.17) is 17.2 Å². The third-order valence-electron chi connectivity index (χ3n) is 10.6. The lowest BCUT2D eigenvalue weighted by atomic mass is 10.2. The van der Waals surface area contributed by atoms with E-state index in [2.05, 4.69) is 70.4 Å². The number of aromatic amines is 2. The van der Waals surface area contributed by atoms with Crippen molar-refractivity contribution in [3.8, 4) is 0 Å². The van der Waals surface area contributed by atoms with Gasteiger partial charge in [-0.25, -0.2) is 49.3 Å². The highest BCUT2D eigenvalue weighted by atomic mass is 16.2. The number of anilines is 5. The Bertz CT molecular complexity index is 3580. The fourth-order valence-corrected chi connectivity index (χ4v) is 6.56. The standard InChI is InChI=1S/C8H11N5O.2C8H11N5.2C7H11N3O.C7H10N2O2/c1-3-4-10-5-6(13(4)2)11-8(9)12-7(5)14;1-3-9-7-6-8(11-4-10-7)13(2)5-12-6;1-3-5-12-6-7(9)10-4-11-8(6)13(5)2;1-3-8-6-4-5-10(2)7(11)9-6;1-3-5-4-10(2)7(11)9-6(5)8;1-3-5-4-9(2)7(11)8-6(5)10/h3H2,1-2H3,(H3,9,11,12,14);4-5H,3H2,1-2H3,(H,9,10,11);4H,3H2,1-2H3,(H2,9,10,11);4-5H,3H2,1-2H3,(H,8,9,11);4H,3H2,1-2H3,(H2,8,9,11);4H,3H2,1-2H3,(H,8,10,11). The molecule has 0 saturated heterocycles. The number of hydrogen-bond acceptors (Lipinski definition) is 20. The van der Waals surface area contributed by atoms with Crippen LogP contribution in [0.5, 0.6) is 0 Å². The summed E-state index contributed by atoms with van der Waals surface area (Å²) in [5.74, 6) is 4.14. The maximum absolute atomic E-state index is 11.4. The first-order valence-electron chi connectivity index (χ1n) is 23.1. The molecule has 0 fully saturated rings. The van der Waals surface area contributed by atoms with E-state index in [0.717, 1.165) is 72.2 Å². The second kappa shape index (κ2) is 26.2. The molecule has 28 heteroatoms. The highest BCUT2D eigenvalue weighted by molar-refractivity contribution is 5.82. The molecular formula is C45H65N23O5. The SMILES string of the molecule is CCNc1ccn(C)c(=O)n1.CCNc1ncnc2c1ncn2C.CCc1cn(C)c(=O)[nH]c1=O.CCc1cn(C)c(=O)nc1N.CCc1nc2c(=O)[nH]c(N)nc2n1C.CCc1nc2c(N)ncnc2n1C. The molecule has 0 aliphatic rings. The number of H-pyrrole nitrogens is 2. The third kappa shape index (κ3) is 14.5. The number of nitrogen functional groups attached to an aromatic ring is 3. The zero-order chi connectivity index (χ0) is 54.1. The van der Waals surface area contributed by atoms with Crippen LogP contribution in [0.2, 0.25) is 0 Å². The van der Waals surface area contributed by atoms with Gasteiger partial charge in [0.1, 0.15) is 41.5 Å². The summed E-state index contributed by atoms with van der Waals surface area (Å²) < 4.78 is 9.81.